The minimum Gasteiger partial charge on any atom is -0.230 e. The highest BCUT2D eigenvalue weighted by atomic mass is 14.8. The molecule has 0 atom stereocenters. The summed E-state index contributed by atoms with van der Waals surface area (Å²) in [6.45, 7) is 4.61. The molecule has 0 spiro atoms. The van der Waals surface area contributed by atoms with Crippen molar-refractivity contribution in [1.82, 2.24) is 9.97 Å². The fraction of sp³-hybridized carbons (Fsp3) is 0.909. The first kappa shape index (κ1) is 43.1. The van der Waals surface area contributed by atoms with Crippen LogP contribution in [-0.4, -0.2) is 9.97 Å². The standard InChI is InChI=1S/C44H83N2/c1-3-5-7-9-11-13-15-17-19-21-23-25-27-29-31-33-35-37-39-43-41-44(46-42-45-43)40-38-36-34-32-30-28-26-24-22-20-18-16-14-12-10-8-6-4-2/h41H,3-40H2,1-2H3. The number of aromatic nitrogens is 2. The molecule has 0 aliphatic carbocycles. The van der Waals surface area contributed by atoms with Gasteiger partial charge in [0.1, 0.15) is 0 Å². The van der Waals surface area contributed by atoms with Crippen LogP contribution in [-0.2, 0) is 12.8 Å². The first-order valence-corrected chi connectivity index (χ1v) is 21.6. The Labute approximate surface area is 290 Å². The minimum atomic E-state index is 1.10. The Balaban J connectivity index is 1.82. The van der Waals surface area contributed by atoms with E-state index in [1.54, 1.807) is 0 Å². The van der Waals surface area contributed by atoms with Crippen LogP contribution in [0, 0.1) is 6.33 Å². The summed E-state index contributed by atoms with van der Waals surface area (Å²) in [6, 6.07) is 2.26. The summed E-state index contributed by atoms with van der Waals surface area (Å²) in [4.78, 5) is 8.89. The summed E-state index contributed by atoms with van der Waals surface area (Å²) in [5.74, 6) is 0. The molecule has 0 aromatic carbocycles. The minimum absolute atomic E-state index is 1.10. The van der Waals surface area contributed by atoms with Crippen LogP contribution in [0.15, 0.2) is 6.07 Å². The summed E-state index contributed by atoms with van der Waals surface area (Å²) in [6.07, 6.45) is 56.6. The van der Waals surface area contributed by atoms with Crippen molar-refractivity contribution in [2.45, 2.75) is 258 Å². The summed E-state index contributed by atoms with van der Waals surface area (Å²) in [5.41, 5.74) is 2.42. The number of hydrogen-bond donors (Lipinski definition) is 0. The molecule has 1 rings (SSSR count). The molecule has 0 saturated heterocycles. The van der Waals surface area contributed by atoms with E-state index in [0.717, 1.165) is 12.8 Å². The summed E-state index contributed by atoms with van der Waals surface area (Å²) < 4.78 is 0. The normalized spacial score (nSPS) is 11.5. The molecule has 1 heterocycles. The molecule has 46 heavy (non-hydrogen) atoms. The Morgan fingerprint density at radius 1 is 0.304 bits per heavy atom. The van der Waals surface area contributed by atoms with E-state index in [4.69, 9.17) is 0 Å². The molecule has 1 aromatic heterocycles. The monoisotopic (exact) mass is 640 g/mol. The molecule has 2 nitrogen and oxygen atoms in total. The maximum Gasteiger partial charge on any atom is 0.198 e. The summed E-state index contributed by atoms with van der Waals surface area (Å²) in [5, 5.41) is 0. The molecule has 0 N–H and O–H groups in total. The second-order valence-corrected chi connectivity index (χ2v) is 15.0. The average Bonchev–Trinajstić information content (AvgIpc) is 3.07. The quantitative estimate of drug-likeness (QED) is 0.0673. The summed E-state index contributed by atoms with van der Waals surface area (Å²) >= 11 is 0. The van der Waals surface area contributed by atoms with Gasteiger partial charge < -0.3 is 0 Å². The molecular formula is C44H83N2. The van der Waals surface area contributed by atoms with E-state index in [-0.39, 0.29) is 0 Å². The molecular weight excluding hydrogens is 556 g/mol. The molecule has 0 unspecified atom stereocenters. The van der Waals surface area contributed by atoms with Gasteiger partial charge in [0.2, 0.25) is 0 Å². The molecule has 0 fully saturated rings. The lowest BCUT2D eigenvalue weighted by Gasteiger charge is -2.05. The molecule has 269 valence electrons. The second kappa shape index (κ2) is 36.9. The van der Waals surface area contributed by atoms with Crippen molar-refractivity contribution in [2.75, 3.05) is 0 Å². The highest BCUT2D eigenvalue weighted by Gasteiger charge is 2.02. The number of hydrogen-bond acceptors (Lipinski definition) is 2. The van der Waals surface area contributed by atoms with Gasteiger partial charge in [0.25, 0.3) is 0 Å². The zero-order chi connectivity index (χ0) is 32.9. The van der Waals surface area contributed by atoms with Crippen LogP contribution in [0.25, 0.3) is 0 Å². The molecule has 0 amide bonds. The van der Waals surface area contributed by atoms with Crippen LogP contribution < -0.4 is 0 Å². The predicted molar refractivity (Wildman–Crippen MR) is 206 cm³/mol. The van der Waals surface area contributed by atoms with E-state index >= 15 is 0 Å². The second-order valence-electron chi connectivity index (χ2n) is 15.0. The Bertz CT molecular complexity index is 646. The van der Waals surface area contributed by atoms with Gasteiger partial charge in [-0.05, 0) is 31.7 Å². The van der Waals surface area contributed by atoms with Crippen LogP contribution in [0.5, 0.6) is 0 Å². The first-order valence-electron chi connectivity index (χ1n) is 21.6. The number of aryl methyl sites for hydroxylation is 2. The maximum absolute atomic E-state index is 4.45. The van der Waals surface area contributed by atoms with E-state index in [9.17, 15) is 0 Å². The van der Waals surface area contributed by atoms with Crippen LogP contribution >= 0.6 is 0 Å². The van der Waals surface area contributed by atoms with Crippen LogP contribution in [0.4, 0.5) is 0 Å². The SMILES string of the molecule is CCCCCCCCCCCCCCCCCCCCc1cc(CCCCCCCCCCCCCCCCCCCC)n[c]n1. The third-order valence-corrected chi connectivity index (χ3v) is 10.3. The maximum atomic E-state index is 4.45. The Hall–Kier alpha value is -0.920. The zero-order valence-corrected chi connectivity index (χ0v) is 31.8. The van der Waals surface area contributed by atoms with Gasteiger partial charge in [-0.3, -0.25) is 0 Å². The first-order chi connectivity index (χ1) is 22.9. The van der Waals surface area contributed by atoms with Crippen molar-refractivity contribution in [3.8, 4) is 0 Å². The van der Waals surface area contributed by atoms with Gasteiger partial charge in [0.15, 0.2) is 6.33 Å². The van der Waals surface area contributed by atoms with E-state index in [1.165, 1.54) is 243 Å². The molecule has 2 heteroatoms. The van der Waals surface area contributed by atoms with Crippen LogP contribution in [0.1, 0.15) is 256 Å². The zero-order valence-electron chi connectivity index (χ0n) is 31.8. The molecule has 0 bridgehead atoms. The van der Waals surface area contributed by atoms with Crippen molar-refractivity contribution in [2.24, 2.45) is 0 Å². The lowest BCUT2D eigenvalue weighted by Crippen LogP contribution is -1.97. The van der Waals surface area contributed by atoms with Gasteiger partial charge in [-0.2, -0.15) is 0 Å². The Morgan fingerprint density at radius 2 is 0.500 bits per heavy atom. The fourth-order valence-electron chi connectivity index (χ4n) is 7.08. The largest absolute Gasteiger partial charge is 0.230 e. The molecule has 1 aromatic rings. The molecule has 1 radical (unpaired) electrons. The van der Waals surface area contributed by atoms with Crippen molar-refractivity contribution in [1.29, 1.82) is 0 Å². The van der Waals surface area contributed by atoms with Crippen molar-refractivity contribution in [3.05, 3.63) is 23.8 Å². The third-order valence-electron chi connectivity index (χ3n) is 10.3. The summed E-state index contributed by atoms with van der Waals surface area (Å²) in [7, 11) is 0. The smallest absolute Gasteiger partial charge is 0.198 e. The fourth-order valence-corrected chi connectivity index (χ4v) is 7.08. The van der Waals surface area contributed by atoms with Crippen molar-refractivity contribution in [3.63, 3.8) is 0 Å². The van der Waals surface area contributed by atoms with Crippen molar-refractivity contribution >= 4 is 0 Å². The average molecular weight is 640 g/mol. The van der Waals surface area contributed by atoms with E-state index in [0.29, 0.717) is 0 Å². The van der Waals surface area contributed by atoms with Gasteiger partial charge in [-0.25, -0.2) is 9.97 Å². The highest BCUT2D eigenvalue weighted by molar-refractivity contribution is 5.08. The van der Waals surface area contributed by atoms with Gasteiger partial charge in [0.05, 0.1) is 0 Å². The molecule has 0 aliphatic rings. The topological polar surface area (TPSA) is 25.8 Å². The van der Waals surface area contributed by atoms with Gasteiger partial charge >= 0.3 is 0 Å². The van der Waals surface area contributed by atoms with Crippen LogP contribution in [0.2, 0.25) is 0 Å². The lowest BCUT2D eigenvalue weighted by atomic mass is 10.0. The van der Waals surface area contributed by atoms with E-state index < -0.39 is 0 Å². The van der Waals surface area contributed by atoms with Crippen LogP contribution in [0.3, 0.4) is 0 Å². The van der Waals surface area contributed by atoms with E-state index in [1.807, 2.05) is 0 Å². The van der Waals surface area contributed by atoms with Gasteiger partial charge in [0, 0.05) is 11.4 Å². The predicted octanol–water partition coefficient (Wildman–Crippen LogP) is 15.4. The number of nitrogens with zero attached hydrogens (tertiary/aromatic N) is 2. The number of rotatable bonds is 38. The molecule has 0 saturated carbocycles. The van der Waals surface area contributed by atoms with Gasteiger partial charge in [-0.15, -0.1) is 0 Å². The van der Waals surface area contributed by atoms with Gasteiger partial charge in [-0.1, -0.05) is 232 Å². The van der Waals surface area contributed by atoms with Crippen molar-refractivity contribution < 1.29 is 0 Å². The third kappa shape index (κ3) is 31.7. The highest BCUT2D eigenvalue weighted by Crippen LogP contribution is 2.17. The lowest BCUT2D eigenvalue weighted by molar-refractivity contribution is 0.524. The molecule has 0 aliphatic heterocycles. The Morgan fingerprint density at radius 3 is 0.717 bits per heavy atom. The Kier molecular flexibility index (Phi) is 34.6. The number of unbranched alkanes of at least 4 members (excludes halogenated alkanes) is 34. The van der Waals surface area contributed by atoms with E-state index in [2.05, 4.69) is 36.2 Å².